The predicted molar refractivity (Wildman–Crippen MR) is 86.8 cm³/mol. The lowest BCUT2D eigenvalue weighted by Gasteiger charge is -2.45. The first kappa shape index (κ1) is 15.6. The molecule has 3 rings (SSSR count). The van der Waals surface area contributed by atoms with E-state index < -0.39 is 5.60 Å². The van der Waals surface area contributed by atoms with E-state index in [2.05, 4.69) is 24.0 Å². The molecule has 2 saturated carbocycles. The van der Waals surface area contributed by atoms with Gasteiger partial charge in [-0.3, -0.25) is 4.99 Å². The Balaban J connectivity index is 1.83. The Morgan fingerprint density at radius 3 is 2.71 bits per heavy atom. The van der Waals surface area contributed by atoms with E-state index >= 15 is 0 Å². The summed E-state index contributed by atoms with van der Waals surface area (Å²) in [6.45, 7) is 0. The van der Waals surface area contributed by atoms with Crippen LogP contribution in [0, 0.1) is 11.8 Å². The van der Waals surface area contributed by atoms with E-state index in [4.69, 9.17) is 17.3 Å². The van der Waals surface area contributed by atoms with Crippen LogP contribution in [0.25, 0.3) is 0 Å². The number of aliphatic hydroxyl groups is 1. The minimum Gasteiger partial charge on any atom is -0.385 e. The van der Waals surface area contributed by atoms with E-state index in [1.807, 2.05) is 0 Å². The minimum absolute atomic E-state index is 0.125. The van der Waals surface area contributed by atoms with E-state index in [0.717, 1.165) is 38.5 Å². The highest BCUT2D eigenvalue weighted by molar-refractivity contribution is 6.20. The third-order valence-electron chi connectivity index (χ3n) is 6.03. The molecule has 6 unspecified atom stereocenters. The molecule has 21 heavy (non-hydrogen) atoms. The Hall–Kier alpha value is -0.320. The highest BCUT2D eigenvalue weighted by atomic mass is 35.5. The topological polar surface area (TPSA) is 61.8 Å². The van der Waals surface area contributed by atoms with E-state index in [1.54, 1.807) is 0 Å². The number of rotatable bonds is 2. The SMILES string of the molecule is CN(C)C1CCCC(C2(O)C(N)=NC3CCC(Cl)CC32)C1. The summed E-state index contributed by atoms with van der Waals surface area (Å²) < 4.78 is 0. The van der Waals surface area contributed by atoms with Crippen molar-refractivity contribution >= 4 is 17.4 Å². The summed E-state index contributed by atoms with van der Waals surface area (Å²) in [5.41, 5.74) is 5.29. The molecule has 3 aliphatic rings. The molecule has 0 aromatic carbocycles. The zero-order valence-corrected chi connectivity index (χ0v) is 13.9. The maximum Gasteiger partial charge on any atom is 0.129 e. The zero-order valence-electron chi connectivity index (χ0n) is 13.1. The van der Waals surface area contributed by atoms with E-state index in [0.29, 0.717) is 11.9 Å². The van der Waals surface area contributed by atoms with Gasteiger partial charge in [0.1, 0.15) is 11.4 Å². The van der Waals surface area contributed by atoms with Gasteiger partial charge in [-0.25, -0.2) is 0 Å². The number of nitrogens with two attached hydrogens (primary N) is 1. The lowest BCUT2D eigenvalue weighted by atomic mass is 9.65. The maximum absolute atomic E-state index is 11.5. The molecular formula is C16H28ClN3O. The Labute approximate surface area is 132 Å². The normalized spacial score (nSPS) is 47.3. The molecule has 6 atom stereocenters. The molecule has 0 radical (unpaired) electrons. The Morgan fingerprint density at radius 2 is 2.00 bits per heavy atom. The van der Waals surface area contributed by atoms with Crippen LogP contribution in [0.5, 0.6) is 0 Å². The average molecular weight is 314 g/mol. The van der Waals surface area contributed by atoms with Crippen LogP contribution in [-0.4, -0.2) is 53.0 Å². The first-order chi connectivity index (χ1) is 9.92. The molecule has 0 spiro atoms. The second kappa shape index (κ2) is 5.71. The zero-order chi connectivity index (χ0) is 15.2. The van der Waals surface area contributed by atoms with Crippen molar-refractivity contribution in [1.82, 2.24) is 4.90 Å². The molecule has 2 fully saturated rings. The lowest BCUT2D eigenvalue weighted by molar-refractivity contribution is -0.0393. The summed E-state index contributed by atoms with van der Waals surface area (Å²) in [5, 5.41) is 11.6. The Morgan fingerprint density at radius 1 is 1.24 bits per heavy atom. The van der Waals surface area contributed by atoms with E-state index in [-0.39, 0.29) is 23.3 Å². The van der Waals surface area contributed by atoms with Crippen LogP contribution in [0.1, 0.15) is 44.9 Å². The van der Waals surface area contributed by atoms with Crippen LogP contribution in [0.2, 0.25) is 0 Å². The standard InChI is InChI=1S/C16H28ClN3O/c1-20(2)12-5-3-4-10(8-12)16(21)13-9-11(17)6-7-14(13)19-15(16)18/h10-14,21H,3-9H2,1-2H3,(H2,18,19). The second-order valence-electron chi connectivity index (χ2n) is 7.40. The molecule has 4 nitrogen and oxygen atoms in total. The number of hydrogen-bond donors (Lipinski definition) is 2. The highest BCUT2D eigenvalue weighted by Gasteiger charge is 2.56. The fourth-order valence-corrected chi connectivity index (χ4v) is 5.07. The van der Waals surface area contributed by atoms with Crippen molar-refractivity contribution in [3.05, 3.63) is 0 Å². The molecule has 2 aliphatic carbocycles. The molecule has 3 N–H and O–H groups in total. The Kier molecular flexibility index (Phi) is 4.23. The minimum atomic E-state index is -0.924. The van der Waals surface area contributed by atoms with Gasteiger partial charge in [0.2, 0.25) is 0 Å². The second-order valence-corrected chi connectivity index (χ2v) is 8.02. The summed E-state index contributed by atoms with van der Waals surface area (Å²) in [6.07, 6.45) is 7.22. The van der Waals surface area contributed by atoms with Crippen LogP contribution in [-0.2, 0) is 0 Å². The van der Waals surface area contributed by atoms with Crippen molar-refractivity contribution < 1.29 is 5.11 Å². The van der Waals surface area contributed by atoms with Gasteiger partial charge in [-0.1, -0.05) is 6.42 Å². The summed E-state index contributed by atoms with van der Waals surface area (Å²) in [7, 11) is 4.25. The van der Waals surface area contributed by atoms with E-state index in [1.165, 1.54) is 6.42 Å². The molecule has 0 bridgehead atoms. The van der Waals surface area contributed by atoms with Crippen LogP contribution in [0.4, 0.5) is 0 Å². The fraction of sp³-hybridized carbons (Fsp3) is 0.938. The van der Waals surface area contributed by atoms with Crippen LogP contribution < -0.4 is 5.73 Å². The van der Waals surface area contributed by atoms with Gasteiger partial charge >= 0.3 is 0 Å². The number of alkyl halides is 1. The number of nitrogens with zero attached hydrogens (tertiary/aromatic N) is 2. The highest BCUT2D eigenvalue weighted by Crippen LogP contribution is 2.48. The van der Waals surface area contributed by atoms with Gasteiger partial charge in [0.25, 0.3) is 0 Å². The number of hydrogen-bond acceptors (Lipinski definition) is 4. The first-order valence-electron chi connectivity index (χ1n) is 8.29. The van der Waals surface area contributed by atoms with Crippen LogP contribution >= 0.6 is 11.6 Å². The molecule has 0 saturated heterocycles. The predicted octanol–water partition coefficient (Wildman–Crippen LogP) is 1.98. The fourth-order valence-electron chi connectivity index (χ4n) is 4.75. The van der Waals surface area contributed by atoms with Gasteiger partial charge in [0.15, 0.2) is 0 Å². The van der Waals surface area contributed by atoms with Crippen molar-refractivity contribution in [1.29, 1.82) is 0 Å². The summed E-state index contributed by atoms with van der Waals surface area (Å²) in [4.78, 5) is 6.89. The van der Waals surface area contributed by atoms with Crippen molar-refractivity contribution in [2.75, 3.05) is 14.1 Å². The van der Waals surface area contributed by atoms with Gasteiger partial charge in [-0.05, 0) is 58.5 Å². The monoisotopic (exact) mass is 313 g/mol. The summed E-state index contributed by atoms with van der Waals surface area (Å²) >= 11 is 6.37. The molecule has 0 amide bonds. The Bertz CT molecular complexity index is 428. The van der Waals surface area contributed by atoms with E-state index in [9.17, 15) is 5.11 Å². The molecular weight excluding hydrogens is 286 g/mol. The molecule has 120 valence electrons. The van der Waals surface area contributed by atoms with Gasteiger partial charge in [0.05, 0.1) is 6.04 Å². The molecule has 0 aromatic heterocycles. The number of amidine groups is 1. The van der Waals surface area contributed by atoms with Gasteiger partial charge in [-0.15, -0.1) is 11.6 Å². The largest absolute Gasteiger partial charge is 0.385 e. The molecule has 5 heteroatoms. The smallest absolute Gasteiger partial charge is 0.129 e. The van der Waals surface area contributed by atoms with Crippen molar-refractivity contribution in [3.8, 4) is 0 Å². The molecule has 0 aromatic rings. The van der Waals surface area contributed by atoms with Crippen LogP contribution in [0.15, 0.2) is 4.99 Å². The first-order valence-corrected chi connectivity index (χ1v) is 8.73. The van der Waals surface area contributed by atoms with Crippen molar-refractivity contribution in [2.24, 2.45) is 22.6 Å². The average Bonchev–Trinajstić information content (AvgIpc) is 2.72. The number of fused-ring (bicyclic) bond motifs is 1. The van der Waals surface area contributed by atoms with Gasteiger partial charge in [0, 0.05) is 17.3 Å². The maximum atomic E-state index is 11.5. The number of halogens is 1. The van der Waals surface area contributed by atoms with Crippen LogP contribution in [0.3, 0.4) is 0 Å². The van der Waals surface area contributed by atoms with Crippen molar-refractivity contribution in [2.45, 2.75) is 68.0 Å². The summed E-state index contributed by atoms with van der Waals surface area (Å²) in [5.74, 6) is 0.826. The molecule has 1 heterocycles. The van der Waals surface area contributed by atoms with Gasteiger partial charge < -0.3 is 15.7 Å². The third-order valence-corrected chi connectivity index (χ3v) is 6.43. The third kappa shape index (κ3) is 2.60. The van der Waals surface area contributed by atoms with Crippen molar-refractivity contribution in [3.63, 3.8) is 0 Å². The lowest BCUT2D eigenvalue weighted by Crippen LogP contribution is -2.57. The van der Waals surface area contributed by atoms with Gasteiger partial charge in [-0.2, -0.15) is 0 Å². The summed E-state index contributed by atoms with van der Waals surface area (Å²) in [6, 6.07) is 0.722. The number of aliphatic imine (C=N–C) groups is 1. The quantitative estimate of drug-likeness (QED) is 0.766. The molecule has 1 aliphatic heterocycles.